The monoisotopic (exact) mass is 308 g/mol. The molecule has 0 radical (unpaired) electrons. The van der Waals surface area contributed by atoms with Crippen molar-refractivity contribution in [3.63, 3.8) is 0 Å². The van der Waals surface area contributed by atoms with Gasteiger partial charge in [0.05, 0.1) is 5.69 Å². The molecule has 0 aliphatic heterocycles. The molecule has 0 aromatic carbocycles. The van der Waals surface area contributed by atoms with Gasteiger partial charge in [0.25, 0.3) is 0 Å². The van der Waals surface area contributed by atoms with Crippen LogP contribution < -0.4 is 0 Å². The first kappa shape index (κ1) is 14.9. The third-order valence-electron chi connectivity index (χ3n) is 4.95. The third kappa shape index (κ3) is 2.48. The lowest BCUT2D eigenvalue weighted by atomic mass is 9.99. The highest BCUT2D eigenvalue weighted by molar-refractivity contribution is 6.17. The van der Waals surface area contributed by atoms with Crippen molar-refractivity contribution in [1.82, 2.24) is 19.3 Å². The van der Waals surface area contributed by atoms with E-state index in [9.17, 15) is 0 Å². The minimum atomic E-state index is 0.482. The van der Waals surface area contributed by atoms with Gasteiger partial charge in [0.2, 0.25) is 0 Å². The topological polar surface area (TPSA) is 35.6 Å². The van der Waals surface area contributed by atoms with Crippen LogP contribution in [0.1, 0.15) is 57.1 Å². The van der Waals surface area contributed by atoms with Crippen LogP contribution in [0.5, 0.6) is 0 Å². The molecule has 1 fully saturated rings. The van der Waals surface area contributed by atoms with E-state index in [4.69, 9.17) is 16.6 Å². The van der Waals surface area contributed by atoms with Crippen molar-refractivity contribution in [2.24, 2.45) is 13.0 Å². The smallest absolute Gasteiger partial charge is 0.158 e. The zero-order valence-electron chi connectivity index (χ0n) is 13.3. The van der Waals surface area contributed by atoms with Gasteiger partial charge in [-0.15, -0.1) is 11.6 Å². The quantitative estimate of drug-likeness (QED) is 0.786. The molecule has 21 heavy (non-hydrogen) atoms. The van der Waals surface area contributed by atoms with Gasteiger partial charge in [0.1, 0.15) is 11.3 Å². The maximum absolute atomic E-state index is 6.00. The number of rotatable bonds is 5. The highest BCUT2D eigenvalue weighted by atomic mass is 35.5. The van der Waals surface area contributed by atoms with E-state index in [0.717, 1.165) is 35.8 Å². The summed E-state index contributed by atoms with van der Waals surface area (Å²) >= 11 is 6.00. The number of hydrogen-bond donors (Lipinski definition) is 0. The van der Waals surface area contributed by atoms with Crippen LogP contribution >= 0.6 is 11.6 Å². The molecule has 1 aliphatic rings. The fourth-order valence-corrected chi connectivity index (χ4v) is 3.99. The van der Waals surface area contributed by atoms with Crippen molar-refractivity contribution in [3.8, 4) is 0 Å². The van der Waals surface area contributed by atoms with Crippen molar-refractivity contribution in [3.05, 3.63) is 11.5 Å². The van der Waals surface area contributed by atoms with Crippen molar-refractivity contribution in [1.29, 1.82) is 0 Å². The number of fused-ring (bicyclic) bond motifs is 1. The highest BCUT2D eigenvalue weighted by Crippen LogP contribution is 2.37. The molecule has 1 atom stereocenters. The highest BCUT2D eigenvalue weighted by Gasteiger charge is 2.28. The van der Waals surface area contributed by atoms with Crippen LogP contribution in [0, 0.1) is 5.92 Å². The third-order valence-corrected chi connectivity index (χ3v) is 5.14. The van der Waals surface area contributed by atoms with Crippen molar-refractivity contribution in [2.75, 3.05) is 5.88 Å². The summed E-state index contributed by atoms with van der Waals surface area (Å²) in [6.45, 7) is 4.48. The van der Waals surface area contributed by atoms with Crippen molar-refractivity contribution >= 4 is 22.8 Å². The average molecular weight is 309 g/mol. The molecule has 2 aromatic rings. The zero-order valence-corrected chi connectivity index (χ0v) is 14.0. The van der Waals surface area contributed by atoms with Gasteiger partial charge in [-0.25, -0.2) is 4.98 Å². The minimum absolute atomic E-state index is 0.482. The molecule has 0 bridgehead atoms. The van der Waals surface area contributed by atoms with Crippen LogP contribution in [0.4, 0.5) is 0 Å². The van der Waals surface area contributed by atoms with Crippen LogP contribution in [-0.4, -0.2) is 25.2 Å². The Kier molecular flexibility index (Phi) is 4.25. The van der Waals surface area contributed by atoms with E-state index < -0.39 is 0 Å². The molecule has 3 rings (SSSR count). The predicted octanol–water partition coefficient (Wildman–Crippen LogP) is 3.86. The molecule has 0 amide bonds. The molecule has 1 unspecified atom stereocenters. The van der Waals surface area contributed by atoms with Gasteiger partial charge < -0.3 is 4.57 Å². The molecule has 2 heterocycles. The second kappa shape index (κ2) is 5.99. The van der Waals surface area contributed by atoms with Gasteiger partial charge in [-0.2, -0.15) is 5.10 Å². The zero-order chi connectivity index (χ0) is 15.0. The van der Waals surface area contributed by atoms with E-state index in [1.165, 1.54) is 31.3 Å². The molecular weight excluding hydrogens is 284 g/mol. The van der Waals surface area contributed by atoms with Crippen LogP contribution in [0.25, 0.3) is 11.2 Å². The summed E-state index contributed by atoms with van der Waals surface area (Å²) in [5.74, 6) is 2.51. The second-order valence-electron chi connectivity index (χ2n) is 6.22. The lowest BCUT2D eigenvalue weighted by molar-refractivity contribution is 0.356. The van der Waals surface area contributed by atoms with E-state index >= 15 is 0 Å². The van der Waals surface area contributed by atoms with Crippen LogP contribution in [0.3, 0.4) is 0 Å². The van der Waals surface area contributed by atoms with Gasteiger partial charge >= 0.3 is 0 Å². The van der Waals surface area contributed by atoms with E-state index in [0.29, 0.717) is 11.9 Å². The van der Waals surface area contributed by atoms with E-state index in [1.807, 2.05) is 11.7 Å². The molecule has 116 valence electrons. The molecule has 5 heteroatoms. The summed E-state index contributed by atoms with van der Waals surface area (Å²) in [4.78, 5) is 4.88. The minimum Gasteiger partial charge on any atom is -0.310 e. The number of nitrogens with zero attached hydrogens (tertiary/aromatic N) is 4. The van der Waals surface area contributed by atoms with E-state index in [-0.39, 0.29) is 0 Å². The molecular formula is C16H25ClN4. The summed E-state index contributed by atoms with van der Waals surface area (Å²) in [5, 5.41) is 4.64. The fourth-order valence-electron chi connectivity index (χ4n) is 3.83. The Morgan fingerprint density at radius 3 is 2.67 bits per heavy atom. The Morgan fingerprint density at radius 2 is 2.05 bits per heavy atom. The normalized spacial score (nSPS) is 17.9. The summed E-state index contributed by atoms with van der Waals surface area (Å²) in [6.07, 6.45) is 7.15. The number of hydrogen-bond acceptors (Lipinski definition) is 2. The van der Waals surface area contributed by atoms with Gasteiger partial charge in [-0.1, -0.05) is 19.8 Å². The summed E-state index contributed by atoms with van der Waals surface area (Å²) in [6, 6.07) is 0.482. The number of alkyl halides is 1. The molecule has 1 saturated carbocycles. The Labute approximate surface area is 131 Å². The van der Waals surface area contributed by atoms with Crippen molar-refractivity contribution < 1.29 is 0 Å². The summed E-state index contributed by atoms with van der Waals surface area (Å²) in [7, 11) is 2.03. The summed E-state index contributed by atoms with van der Waals surface area (Å²) < 4.78 is 4.42. The number of imidazole rings is 1. The first-order valence-electron chi connectivity index (χ1n) is 8.16. The molecule has 0 spiro atoms. The average Bonchev–Trinajstić information content (AvgIpc) is 3.16. The van der Waals surface area contributed by atoms with Crippen LogP contribution in [0.2, 0.25) is 0 Å². The van der Waals surface area contributed by atoms with Gasteiger partial charge in [0.15, 0.2) is 5.65 Å². The molecule has 0 saturated heterocycles. The SMILES string of the molecule is CCc1nn(C)c2c1nc(CCCl)n2C(C)C1CCCC1. The Morgan fingerprint density at radius 1 is 1.33 bits per heavy atom. The van der Waals surface area contributed by atoms with Crippen molar-refractivity contribution in [2.45, 2.75) is 58.4 Å². The van der Waals surface area contributed by atoms with E-state index in [2.05, 4.69) is 23.5 Å². The predicted molar refractivity (Wildman–Crippen MR) is 87.0 cm³/mol. The van der Waals surface area contributed by atoms with E-state index in [1.54, 1.807) is 0 Å². The van der Waals surface area contributed by atoms with Gasteiger partial charge in [-0.3, -0.25) is 4.68 Å². The molecule has 1 aliphatic carbocycles. The first-order valence-corrected chi connectivity index (χ1v) is 8.69. The Balaban J connectivity index is 2.12. The second-order valence-corrected chi connectivity index (χ2v) is 6.60. The lowest BCUT2D eigenvalue weighted by Gasteiger charge is -2.23. The Hall–Kier alpha value is -1.03. The van der Waals surface area contributed by atoms with Gasteiger partial charge in [-0.05, 0) is 32.1 Å². The van der Waals surface area contributed by atoms with Crippen LogP contribution in [0.15, 0.2) is 0 Å². The molecule has 4 nitrogen and oxygen atoms in total. The maximum atomic E-state index is 6.00. The summed E-state index contributed by atoms with van der Waals surface area (Å²) in [5.41, 5.74) is 3.34. The number of aromatic nitrogens is 4. The number of aryl methyl sites for hydroxylation is 3. The largest absolute Gasteiger partial charge is 0.310 e. The Bertz CT molecular complexity index is 622. The number of halogens is 1. The molecule has 0 N–H and O–H groups in total. The fraction of sp³-hybridized carbons (Fsp3) is 0.750. The lowest BCUT2D eigenvalue weighted by Crippen LogP contribution is -2.18. The molecule has 2 aromatic heterocycles. The standard InChI is InChI=1S/C16H25ClN4/c1-4-13-15-16(20(3)19-13)21(14(18-15)9-10-17)11(2)12-7-5-6-8-12/h11-12H,4-10H2,1-3H3. The van der Waals surface area contributed by atoms with Crippen LogP contribution in [-0.2, 0) is 19.9 Å². The maximum Gasteiger partial charge on any atom is 0.158 e. The van der Waals surface area contributed by atoms with Gasteiger partial charge in [0, 0.05) is 25.4 Å². The first-order chi connectivity index (χ1) is 10.2.